The number of aliphatic hydroxyl groups is 2. The average molecular weight is 708 g/mol. The number of carbonyl (C=O) groups is 1. The first-order chi connectivity index (χ1) is 24.7. The summed E-state index contributed by atoms with van der Waals surface area (Å²) in [6, 6.07) is 32.3. The monoisotopic (exact) mass is 707 g/mol. The molecule has 13 nitrogen and oxygen atoms in total. The maximum absolute atomic E-state index is 13.6. The van der Waals surface area contributed by atoms with Gasteiger partial charge in [-0.25, -0.2) is 28.1 Å². The number of aromatic nitrogens is 4. The van der Waals surface area contributed by atoms with Crippen LogP contribution in [0.1, 0.15) is 36.0 Å². The summed E-state index contributed by atoms with van der Waals surface area (Å²) in [4.78, 5) is 26.7. The number of fused-ring (bicyclic) bond motifs is 2. The molecule has 0 unspecified atom stereocenters. The van der Waals surface area contributed by atoms with Gasteiger partial charge in [0, 0.05) is 24.4 Å². The smallest absolute Gasteiger partial charge is 0.252 e. The van der Waals surface area contributed by atoms with E-state index in [9.17, 15) is 23.4 Å². The average Bonchev–Trinajstić information content (AvgIpc) is 3.71. The quantitative estimate of drug-likeness (QED) is 0.126. The van der Waals surface area contributed by atoms with E-state index in [4.69, 9.17) is 9.72 Å². The van der Waals surface area contributed by atoms with Crippen LogP contribution in [0, 0.1) is 0 Å². The zero-order valence-corrected chi connectivity index (χ0v) is 28.4. The van der Waals surface area contributed by atoms with Gasteiger partial charge in [-0.1, -0.05) is 97.1 Å². The zero-order valence-electron chi connectivity index (χ0n) is 27.6. The minimum Gasteiger partial charge on any atom is -0.387 e. The second-order valence-corrected chi connectivity index (χ2v) is 13.9. The molecule has 0 bridgehead atoms. The summed E-state index contributed by atoms with van der Waals surface area (Å²) >= 11 is 0. The fourth-order valence-corrected chi connectivity index (χ4v) is 7.60. The van der Waals surface area contributed by atoms with E-state index in [-0.39, 0.29) is 28.8 Å². The Bertz CT molecular complexity index is 2230. The van der Waals surface area contributed by atoms with Crippen LogP contribution in [-0.2, 0) is 26.1 Å². The number of nitrogens with zero attached hydrogens (tertiary/aromatic N) is 4. The standard InChI is InChI=1S/C37H37N7O6S/c1-2-38-36(47)33-31(45)32(46)37(50-33)44-22-40-30-34(39-20-27(24-12-5-3-6-13-24)25-14-7-4-8-15-25)42-29(43-35(30)44)21-41-51(48,49)28-19-11-17-23-16-9-10-18-26(23)28/h3-19,22,27,31-33,37,41,45-46H,2,20-21H2,1H3,(H,38,47)(H,39,42,43)/t31-,32+,33-,37+/m0/s1. The van der Waals surface area contributed by atoms with Gasteiger partial charge in [-0.05, 0) is 29.5 Å². The molecule has 4 aromatic carbocycles. The minimum absolute atomic E-state index is 0.0826. The molecular weight excluding hydrogens is 671 g/mol. The van der Waals surface area contributed by atoms with Crippen molar-refractivity contribution in [1.29, 1.82) is 0 Å². The highest BCUT2D eigenvalue weighted by Gasteiger charge is 2.47. The molecule has 1 fully saturated rings. The van der Waals surface area contributed by atoms with E-state index in [1.807, 2.05) is 78.9 Å². The van der Waals surface area contributed by atoms with E-state index in [2.05, 4.69) is 25.3 Å². The summed E-state index contributed by atoms with van der Waals surface area (Å²) in [5.41, 5.74) is 2.67. The summed E-state index contributed by atoms with van der Waals surface area (Å²) in [6.45, 7) is 2.17. The molecule has 4 atom stereocenters. The summed E-state index contributed by atoms with van der Waals surface area (Å²) in [5, 5.41) is 29.1. The minimum atomic E-state index is -4.01. The molecule has 1 saturated heterocycles. The zero-order chi connectivity index (χ0) is 35.5. The van der Waals surface area contributed by atoms with E-state index < -0.39 is 40.5 Å². The Kier molecular flexibility index (Phi) is 9.75. The van der Waals surface area contributed by atoms with Gasteiger partial charge in [-0.15, -0.1) is 0 Å². The molecule has 7 rings (SSSR count). The molecule has 3 heterocycles. The van der Waals surface area contributed by atoms with E-state index in [0.717, 1.165) is 16.5 Å². The van der Waals surface area contributed by atoms with Gasteiger partial charge >= 0.3 is 0 Å². The van der Waals surface area contributed by atoms with Gasteiger partial charge in [0.2, 0.25) is 10.0 Å². The first-order valence-corrected chi connectivity index (χ1v) is 18.1. The molecule has 2 aromatic heterocycles. The third-order valence-corrected chi connectivity index (χ3v) is 10.4. The summed E-state index contributed by atoms with van der Waals surface area (Å²) < 4.78 is 37.2. The lowest BCUT2D eigenvalue weighted by molar-refractivity contribution is -0.137. The molecule has 14 heteroatoms. The van der Waals surface area contributed by atoms with Crippen LogP contribution >= 0.6 is 0 Å². The van der Waals surface area contributed by atoms with Gasteiger partial charge in [0.05, 0.1) is 17.8 Å². The molecule has 1 amide bonds. The van der Waals surface area contributed by atoms with Gasteiger partial charge in [-0.2, -0.15) is 0 Å². The number of ether oxygens (including phenoxy) is 1. The largest absolute Gasteiger partial charge is 0.387 e. The number of likely N-dealkylation sites (N-methyl/N-ethyl adjacent to an activating group) is 1. The second-order valence-electron chi connectivity index (χ2n) is 12.2. The van der Waals surface area contributed by atoms with E-state index >= 15 is 0 Å². The van der Waals surface area contributed by atoms with Crippen LogP contribution in [0.25, 0.3) is 21.9 Å². The lowest BCUT2D eigenvalue weighted by atomic mass is 9.91. The second kappa shape index (κ2) is 14.5. The van der Waals surface area contributed by atoms with Crippen molar-refractivity contribution < 1.29 is 28.2 Å². The molecule has 5 N–H and O–H groups in total. The number of benzene rings is 4. The summed E-state index contributed by atoms with van der Waals surface area (Å²) in [5.74, 6) is -0.215. The van der Waals surface area contributed by atoms with Crippen LogP contribution in [0.2, 0.25) is 0 Å². The van der Waals surface area contributed by atoms with Crippen molar-refractivity contribution in [3.8, 4) is 0 Å². The third kappa shape index (κ3) is 6.92. The maximum atomic E-state index is 13.6. The molecule has 0 radical (unpaired) electrons. The number of carbonyl (C=O) groups excluding carboxylic acids is 1. The molecule has 0 aliphatic carbocycles. The molecule has 262 valence electrons. The van der Waals surface area contributed by atoms with Crippen molar-refractivity contribution >= 4 is 43.7 Å². The number of hydrogen-bond acceptors (Lipinski definition) is 10. The topological polar surface area (TPSA) is 181 Å². The van der Waals surface area contributed by atoms with Crippen molar-refractivity contribution in [3.05, 3.63) is 126 Å². The van der Waals surface area contributed by atoms with E-state index in [1.165, 1.54) is 10.9 Å². The Morgan fingerprint density at radius 2 is 1.55 bits per heavy atom. The van der Waals surface area contributed by atoms with Gasteiger partial charge in [0.1, 0.15) is 18.0 Å². The lowest BCUT2D eigenvalue weighted by Crippen LogP contribution is -2.42. The van der Waals surface area contributed by atoms with Gasteiger partial charge in [0.25, 0.3) is 5.91 Å². The number of aliphatic hydroxyl groups excluding tert-OH is 2. The first kappa shape index (κ1) is 34.2. The molecule has 1 aliphatic heterocycles. The van der Waals surface area contributed by atoms with Crippen molar-refractivity contribution in [3.63, 3.8) is 0 Å². The fourth-order valence-electron chi connectivity index (χ4n) is 6.40. The predicted octanol–water partition coefficient (Wildman–Crippen LogP) is 3.46. The molecule has 6 aromatic rings. The molecule has 1 aliphatic rings. The van der Waals surface area contributed by atoms with Crippen molar-refractivity contribution in [2.45, 2.75) is 48.8 Å². The Hall–Kier alpha value is -5.25. The Balaban J connectivity index is 1.25. The Labute approximate surface area is 294 Å². The molecule has 0 spiro atoms. The highest BCUT2D eigenvalue weighted by atomic mass is 32.2. The van der Waals surface area contributed by atoms with E-state index in [0.29, 0.717) is 29.8 Å². The number of sulfonamides is 1. The highest BCUT2D eigenvalue weighted by Crippen LogP contribution is 2.33. The number of amides is 1. The summed E-state index contributed by atoms with van der Waals surface area (Å²) in [7, 11) is -4.01. The van der Waals surface area contributed by atoms with Crippen LogP contribution in [-0.4, -0.2) is 75.5 Å². The maximum Gasteiger partial charge on any atom is 0.252 e. The van der Waals surface area contributed by atoms with Gasteiger partial charge < -0.3 is 25.6 Å². The fraction of sp³-hybridized carbons (Fsp3) is 0.243. The van der Waals surface area contributed by atoms with Crippen molar-refractivity contribution in [1.82, 2.24) is 29.6 Å². The van der Waals surface area contributed by atoms with Gasteiger partial charge in [0.15, 0.2) is 29.3 Å². The predicted molar refractivity (Wildman–Crippen MR) is 191 cm³/mol. The molecular formula is C37H37N7O6S. The Morgan fingerprint density at radius 3 is 2.25 bits per heavy atom. The molecule has 51 heavy (non-hydrogen) atoms. The Morgan fingerprint density at radius 1 is 0.882 bits per heavy atom. The third-order valence-electron chi connectivity index (χ3n) is 8.93. The van der Waals surface area contributed by atoms with Crippen LogP contribution in [0.4, 0.5) is 5.82 Å². The lowest BCUT2D eigenvalue weighted by Gasteiger charge is -2.20. The van der Waals surface area contributed by atoms with Gasteiger partial charge in [-0.3, -0.25) is 9.36 Å². The van der Waals surface area contributed by atoms with Crippen molar-refractivity contribution in [2.75, 3.05) is 18.4 Å². The SMILES string of the molecule is CCNC(=O)[C@H]1O[C@@H](n2cnc3c(NCC(c4ccccc4)c4ccccc4)nc(CNS(=O)(=O)c4cccc5ccccc45)nc32)[C@H](O)[C@@H]1O. The van der Waals surface area contributed by atoms with Crippen molar-refractivity contribution in [2.24, 2.45) is 0 Å². The summed E-state index contributed by atoms with van der Waals surface area (Å²) in [6.07, 6.45) is -4.16. The normalized spacial score (nSPS) is 19.1. The van der Waals surface area contributed by atoms with Crippen LogP contribution in [0.5, 0.6) is 0 Å². The van der Waals surface area contributed by atoms with Crippen LogP contribution < -0.4 is 15.4 Å². The number of rotatable bonds is 12. The molecule has 0 saturated carbocycles. The first-order valence-electron chi connectivity index (χ1n) is 16.6. The number of hydrogen-bond donors (Lipinski definition) is 5. The number of anilines is 1. The van der Waals surface area contributed by atoms with Crippen LogP contribution in [0.15, 0.2) is 114 Å². The highest BCUT2D eigenvalue weighted by molar-refractivity contribution is 7.89. The van der Waals surface area contributed by atoms with Crippen LogP contribution in [0.3, 0.4) is 0 Å². The number of imidazole rings is 1. The number of nitrogens with one attached hydrogen (secondary N) is 3. The van der Waals surface area contributed by atoms with E-state index in [1.54, 1.807) is 31.2 Å².